The molecule has 2 N–H and O–H groups in total. The minimum absolute atomic E-state index is 0.0377. The van der Waals surface area contributed by atoms with Crippen molar-refractivity contribution < 1.29 is 23.1 Å². The Labute approximate surface area is 98.8 Å². The Balaban J connectivity index is 4.43. The molecule has 102 valence electrons. The Hall–Kier alpha value is -0.980. The number of urea groups is 1. The molecule has 17 heavy (non-hydrogen) atoms. The first-order chi connectivity index (χ1) is 7.85. The van der Waals surface area contributed by atoms with Crippen molar-refractivity contribution >= 4 is 6.03 Å². The van der Waals surface area contributed by atoms with Crippen molar-refractivity contribution in [1.82, 2.24) is 10.2 Å². The van der Waals surface area contributed by atoms with Crippen LogP contribution in [0.2, 0.25) is 0 Å². The standard InChI is InChI=1S/C10H19F3N2O2/c1-3-8(4-2)15(5-6-16)9(17)14-7-10(11,12)13/h8,16H,3-7H2,1-2H3,(H,14,17). The molecule has 0 heterocycles. The smallest absolute Gasteiger partial charge is 0.395 e. The van der Waals surface area contributed by atoms with Gasteiger partial charge in [0.25, 0.3) is 0 Å². The molecule has 0 aliphatic rings. The van der Waals surface area contributed by atoms with Crippen molar-refractivity contribution in [1.29, 1.82) is 0 Å². The van der Waals surface area contributed by atoms with Crippen LogP contribution in [0.15, 0.2) is 0 Å². The predicted molar refractivity (Wildman–Crippen MR) is 57.6 cm³/mol. The van der Waals surface area contributed by atoms with E-state index in [4.69, 9.17) is 5.11 Å². The lowest BCUT2D eigenvalue weighted by molar-refractivity contribution is -0.123. The summed E-state index contributed by atoms with van der Waals surface area (Å²) < 4.78 is 35.8. The summed E-state index contributed by atoms with van der Waals surface area (Å²) in [5.74, 6) is 0. The third-order valence-corrected chi connectivity index (χ3v) is 2.43. The van der Waals surface area contributed by atoms with Gasteiger partial charge in [0.05, 0.1) is 6.61 Å². The van der Waals surface area contributed by atoms with Gasteiger partial charge in [0.15, 0.2) is 0 Å². The van der Waals surface area contributed by atoms with E-state index in [1.165, 1.54) is 4.90 Å². The van der Waals surface area contributed by atoms with Crippen molar-refractivity contribution in [3.63, 3.8) is 0 Å². The lowest BCUT2D eigenvalue weighted by Crippen LogP contribution is -2.49. The van der Waals surface area contributed by atoms with E-state index < -0.39 is 18.8 Å². The summed E-state index contributed by atoms with van der Waals surface area (Å²) in [7, 11) is 0. The number of aliphatic hydroxyl groups excluding tert-OH is 1. The lowest BCUT2D eigenvalue weighted by Gasteiger charge is -2.30. The van der Waals surface area contributed by atoms with Crippen LogP contribution in [0.4, 0.5) is 18.0 Å². The monoisotopic (exact) mass is 256 g/mol. The van der Waals surface area contributed by atoms with Crippen LogP contribution < -0.4 is 5.32 Å². The first-order valence-electron chi connectivity index (χ1n) is 5.57. The number of halogens is 3. The molecule has 0 atom stereocenters. The van der Waals surface area contributed by atoms with Crippen molar-refractivity contribution in [2.45, 2.75) is 38.9 Å². The number of hydrogen-bond donors (Lipinski definition) is 2. The van der Waals surface area contributed by atoms with Crippen LogP contribution in [0.3, 0.4) is 0 Å². The molecule has 0 unspecified atom stereocenters. The van der Waals surface area contributed by atoms with Crippen LogP contribution in [0.25, 0.3) is 0 Å². The average molecular weight is 256 g/mol. The first kappa shape index (κ1) is 16.0. The van der Waals surface area contributed by atoms with Crippen molar-refractivity contribution in [3.05, 3.63) is 0 Å². The van der Waals surface area contributed by atoms with E-state index in [-0.39, 0.29) is 19.2 Å². The number of carbonyl (C=O) groups excluding carboxylic acids is 1. The minimum Gasteiger partial charge on any atom is -0.395 e. The SMILES string of the molecule is CCC(CC)N(CCO)C(=O)NCC(F)(F)F. The molecule has 0 saturated heterocycles. The van der Waals surface area contributed by atoms with Gasteiger partial charge in [-0.1, -0.05) is 13.8 Å². The van der Waals surface area contributed by atoms with Crippen molar-refractivity contribution in [3.8, 4) is 0 Å². The van der Waals surface area contributed by atoms with E-state index in [1.807, 2.05) is 19.2 Å². The van der Waals surface area contributed by atoms with Crippen LogP contribution >= 0.6 is 0 Å². The van der Waals surface area contributed by atoms with Crippen LogP contribution in [0.5, 0.6) is 0 Å². The van der Waals surface area contributed by atoms with E-state index in [2.05, 4.69) is 0 Å². The van der Waals surface area contributed by atoms with Crippen LogP contribution in [-0.2, 0) is 0 Å². The third kappa shape index (κ3) is 6.35. The molecule has 0 aromatic carbocycles. The fourth-order valence-corrected chi connectivity index (χ4v) is 1.56. The molecule has 4 nitrogen and oxygen atoms in total. The van der Waals surface area contributed by atoms with E-state index in [1.54, 1.807) is 0 Å². The van der Waals surface area contributed by atoms with Gasteiger partial charge < -0.3 is 15.3 Å². The Morgan fingerprint density at radius 2 is 1.88 bits per heavy atom. The zero-order valence-electron chi connectivity index (χ0n) is 10.0. The Kier molecular flexibility index (Phi) is 6.94. The zero-order valence-corrected chi connectivity index (χ0v) is 10.0. The van der Waals surface area contributed by atoms with Crippen LogP contribution in [0.1, 0.15) is 26.7 Å². The second-order valence-electron chi connectivity index (χ2n) is 3.66. The van der Waals surface area contributed by atoms with Crippen molar-refractivity contribution in [2.75, 3.05) is 19.7 Å². The van der Waals surface area contributed by atoms with Gasteiger partial charge in [-0.15, -0.1) is 0 Å². The van der Waals surface area contributed by atoms with E-state index in [0.717, 1.165) is 0 Å². The molecule has 0 saturated carbocycles. The van der Waals surface area contributed by atoms with Crippen molar-refractivity contribution in [2.24, 2.45) is 0 Å². The molecule has 0 radical (unpaired) electrons. The lowest BCUT2D eigenvalue weighted by atomic mass is 10.1. The van der Waals surface area contributed by atoms with Gasteiger partial charge in [-0.25, -0.2) is 4.79 Å². The van der Waals surface area contributed by atoms with E-state index in [0.29, 0.717) is 12.8 Å². The van der Waals surface area contributed by atoms with Gasteiger partial charge in [0.1, 0.15) is 6.54 Å². The molecule has 0 rings (SSSR count). The highest BCUT2D eigenvalue weighted by Crippen LogP contribution is 2.13. The van der Waals surface area contributed by atoms with E-state index in [9.17, 15) is 18.0 Å². The molecule has 0 bridgehead atoms. The number of aliphatic hydroxyl groups is 1. The van der Waals surface area contributed by atoms with Gasteiger partial charge in [0, 0.05) is 12.6 Å². The van der Waals surface area contributed by atoms with Crippen LogP contribution in [0, 0.1) is 0 Å². The second kappa shape index (κ2) is 7.37. The fourth-order valence-electron chi connectivity index (χ4n) is 1.56. The average Bonchev–Trinajstić information content (AvgIpc) is 2.25. The highest BCUT2D eigenvalue weighted by Gasteiger charge is 2.29. The third-order valence-electron chi connectivity index (χ3n) is 2.43. The normalized spacial score (nSPS) is 11.7. The molecule has 0 spiro atoms. The van der Waals surface area contributed by atoms with E-state index >= 15 is 0 Å². The largest absolute Gasteiger partial charge is 0.405 e. The molecule has 2 amide bonds. The first-order valence-corrected chi connectivity index (χ1v) is 5.57. The maximum absolute atomic E-state index is 11.9. The number of nitrogens with one attached hydrogen (secondary N) is 1. The van der Waals surface area contributed by atoms with Gasteiger partial charge in [-0.3, -0.25) is 0 Å². The highest BCUT2D eigenvalue weighted by atomic mass is 19.4. The number of nitrogens with zero attached hydrogens (tertiary/aromatic N) is 1. The number of hydrogen-bond acceptors (Lipinski definition) is 2. The maximum Gasteiger partial charge on any atom is 0.405 e. The minimum atomic E-state index is -4.42. The number of amides is 2. The second-order valence-corrected chi connectivity index (χ2v) is 3.66. The Morgan fingerprint density at radius 1 is 1.35 bits per heavy atom. The van der Waals surface area contributed by atoms with Gasteiger partial charge in [0.2, 0.25) is 0 Å². The number of alkyl halides is 3. The molecule has 0 aromatic heterocycles. The zero-order chi connectivity index (χ0) is 13.5. The number of rotatable bonds is 6. The van der Waals surface area contributed by atoms with Gasteiger partial charge >= 0.3 is 12.2 Å². The predicted octanol–water partition coefficient (Wildman–Crippen LogP) is 1.74. The molecule has 0 aromatic rings. The quantitative estimate of drug-likeness (QED) is 0.760. The summed E-state index contributed by atoms with van der Waals surface area (Å²) in [6.45, 7) is 2.10. The van der Waals surface area contributed by atoms with Gasteiger partial charge in [-0.05, 0) is 12.8 Å². The summed E-state index contributed by atoms with van der Waals surface area (Å²) >= 11 is 0. The molecule has 0 aliphatic carbocycles. The molecule has 7 heteroatoms. The summed E-state index contributed by atoms with van der Waals surface area (Å²) in [6.07, 6.45) is -3.15. The molecule has 0 aliphatic heterocycles. The summed E-state index contributed by atoms with van der Waals surface area (Å²) in [5.41, 5.74) is 0. The number of carbonyl (C=O) groups is 1. The summed E-state index contributed by atoms with van der Waals surface area (Å²) in [4.78, 5) is 12.8. The Bertz CT molecular complexity index is 230. The summed E-state index contributed by atoms with van der Waals surface area (Å²) in [5, 5.41) is 10.6. The topological polar surface area (TPSA) is 52.6 Å². The Morgan fingerprint density at radius 3 is 2.24 bits per heavy atom. The maximum atomic E-state index is 11.9. The summed E-state index contributed by atoms with van der Waals surface area (Å²) in [6, 6.07) is -0.944. The molecular formula is C10H19F3N2O2. The van der Waals surface area contributed by atoms with Crippen LogP contribution in [-0.4, -0.2) is 48.0 Å². The molecular weight excluding hydrogens is 237 g/mol. The fraction of sp³-hybridized carbons (Fsp3) is 0.900. The molecule has 0 fully saturated rings. The van der Waals surface area contributed by atoms with Gasteiger partial charge in [-0.2, -0.15) is 13.2 Å². The highest BCUT2D eigenvalue weighted by molar-refractivity contribution is 5.74.